The van der Waals surface area contributed by atoms with E-state index in [1.807, 2.05) is 32.9 Å². The van der Waals surface area contributed by atoms with Crippen molar-refractivity contribution in [2.45, 2.75) is 40.0 Å². The Morgan fingerprint density at radius 3 is 2.06 bits per heavy atom. The zero-order valence-electron chi connectivity index (χ0n) is 10.5. The van der Waals surface area contributed by atoms with Gasteiger partial charge in [0.25, 0.3) is 0 Å². The molecule has 86 valence electrons. The van der Waals surface area contributed by atoms with Gasteiger partial charge < -0.3 is 8.83 Å². The molecule has 0 radical (unpaired) electrons. The van der Waals surface area contributed by atoms with Gasteiger partial charge in [0, 0.05) is 5.56 Å². The summed E-state index contributed by atoms with van der Waals surface area (Å²) in [5.41, 5.74) is 1.05. The summed E-state index contributed by atoms with van der Waals surface area (Å²) in [7, 11) is 0. The second-order valence-electron chi connectivity index (χ2n) is 4.86. The first kappa shape index (κ1) is 11.1. The van der Waals surface area contributed by atoms with Crippen LogP contribution in [0.25, 0.3) is 0 Å². The third-order valence-electron chi connectivity index (χ3n) is 3.07. The fourth-order valence-electron chi connectivity index (χ4n) is 2.15. The van der Waals surface area contributed by atoms with E-state index in [2.05, 4.69) is 19.9 Å². The molecule has 0 saturated heterocycles. The lowest BCUT2D eigenvalue weighted by Crippen LogP contribution is -2.18. The summed E-state index contributed by atoms with van der Waals surface area (Å²) >= 11 is 0. The topological polar surface area (TPSA) is 26.3 Å². The normalized spacial score (nSPS) is 12.1. The Morgan fingerprint density at radius 1 is 0.938 bits per heavy atom. The van der Waals surface area contributed by atoms with Gasteiger partial charge in [-0.25, -0.2) is 0 Å². The molecule has 0 aliphatic rings. The van der Waals surface area contributed by atoms with E-state index in [0.29, 0.717) is 0 Å². The second-order valence-corrected chi connectivity index (χ2v) is 4.86. The van der Waals surface area contributed by atoms with E-state index < -0.39 is 0 Å². The van der Waals surface area contributed by atoms with E-state index in [-0.39, 0.29) is 5.41 Å². The van der Waals surface area contributed by atoms with Crippen molar-refractivity contribution >= 4 is 0 Å². The third kappa shape index (κ3) is 1.69. The quantitative estimate of drug-likeness (QED) is 0.757. The van der Waals surface area contributed by atoms with E-state index in [1.165, 1.54) is 5.56 Å². The third-order valence-corrected chi connectivity index (χ3v) is 3.07. The molecule has 0 N–H and O–H groups in total. The lowest BCUT2D eigenvalue weighted by molar-refractivity contribution is 0.407. The number of hydrogen-bond acceptors (Lipinski definition) is 2. The van der Waals surface area contributed by atoms with Crippen molar-refractivity contribution in [3.63, 3.8) is 0 Å². The van der Waals surface area contributed by atoms with Crippen molar-refractivity contribution < 1.29 is 8.83 Å². The minimum Gasteiger partial charge on any atom is -0.466 e. The lowest BCUT2D eigenvalue weighted by Gasteiger charge is -2.21. The van der Waals surface area contributed by atoms with Crippen molar-refractivity contribution in [3.05, 3.63) is 46.8 Å². The number of aryl methyl sites for hydroxylation is 3. The second kappa shape index (κ2) is 3.55. The van der Waals surface area contributed by atoms with Gasteiger partial charge in [0.05, 0.1) is 5.41 Å². The van der Waals surface area contributed by atoms with E-state index in [0.717, 1.165) is 23.0 Å². The van der Waals surface area contributed by atoms with Crippen LogP contribution in [0.15, 0.2) is 27.0 Å². The molecule has 0 aromatic carbocycles. The van der Waals surface area contributed by atoms with Gasteiger partial charge in [-0.15, -0.1) is 0 Å². The van der Waals surface area contributed by atoms with Crippen LogP contribution in [0.4, 0.5) is 0 Å². The van der Waals surface area contributed by atoms with E-state index in [1.54, 1.807) is 0 Å². The van der Waals surface area contributed by atoms with Crippen LogP contribution in [0.5, 0.6) is 0 Å². The van der Waals surface area contributed by atoms with Crippen molar-refractivity contribution in [1.29, 1.82) is 0 Å². The standard InChI is InChI=1S/C14H18O2/c1-9-6-7-13(16-9)14(4,5)12-8-10(2)15-11(12)3/h6-8H,1-5H3. The Morgan fingerprint density at radius 2 is 1.62 bits per heavy atom. The molecular formula is C14H18O2. The molecule has 2 aromatic heterocycles. The zero-order chi connectivity index (χ0) is 11.9. The first-order valence-corrected chi connectivity index (χ1v) is 5.55. The minimum atomic E-state index is -0.143. The molecule has 0 unspecified atom stereocenters. The summed E-state index contributed by atoms with van der Waals surface area (Å²) in [6.45, 7) is 10.2. The van der Waals surface area contributed by atoms with Crippen LogP contribution < -0.4 is 0 Å². The van der Waals surface area contributed by atoms with E-state index in [4.69, 9.17) is 8.83 Å². The molecule has 0 spiro atoms. The highest BCUT2D eigenvalue weighted by atomic mass is 16.3. The van der Waals surface area contributed by atoms with Gasteiger partial charge in [-0.1, -0.05) is 0 Å². The number of hydrogen-bond donors (Lipinski definition) is 0. The molecule has 2 heteroatoms. The van der Waals surface area contributed by atoms with Crippen LogP contribution >= 0.6 is 0 Å². The predicted octanol–water partition coefficient (Wildman–Crippen LogP) is 4.12. The molecule has 0 bridgehead atoms. The maximum atomic E-state index is 5.73. The monoisotopic (exact) mass is 218 g/mol. The summed E-state index contributed by atoms with van der Waals surface area (Å²) in [6.07, 6.45) is 0. The van der Waals surface area contributed by atoms with Crippen LogP contribution in [0.3, 0.4) is 0 Å². The van der Waals surface area contributed by atoms with Crippen LogP contribution in [0, 0.1) is 20.8 Å². The highest BCUT2D eigenvalue weighted by Crippen LogP contribution is 2.35. The fourth-order valence-corrected chi connectivity index (χ4v) is 2.15. The summed E-state index contributed by atoms with van der Waals surface area (Å²) in [5, 5.41) is 0. The van der Waals surface area contributed by atoms with Gasteiger partial charge in [0.1, 0.15) is 23.0 Å². The van der Waals surface area contributed by atoms with Crippen molar-refractivity contribution in [1.82, 2.24) is 0 Å². The van der Waals surface area contributed by atoms with Crippen molar-refractivity contribution in [2.75, 3.05) is 0 Å². The summed E-state index contributed by atoms with van der Waals surface area (Å²) in [6, 6.07) is 6.13. The predicted molar refractivity (Wildman–Crippen MR) is 63.8 cm³/mol. The summed E-state index contributed by atoms with van der Waals surface area (Å²) in [5.74, 6) is 3.84. The Labute approximate surface area is 96.3 Å². The van der Waals surface area contributed by atoms with Crippen LogP contribution in [-0.4, -0.2) is 0 Å². The minimum absolute atomic E-state index is 0.143. The van der Waals surface area contributed by atoms with Crippen molar-refractivity contribution in [2.24, 2.45) is 0 Å². The fraction of sp³-hybridized carbons (Fsp3) is 0.429. The summed E-state index contributed by atoms with van der Waals surface area (Å²) < 4.78 is 11.3. The lowest BCUT2D eigenvalue weighted by atomic mass is 9.82. The molecule has 0 saturated carbocycles. The van der Waals surface area contributed by atoms with Gasteiger partial charge in [-0.2, -0.15) is 0 Å². The Hall–Kier alpha value is -1.44. The number of furan rings is 2. The van der Waals surface area contributed by atoms with E-state index in [9.17, 15) is 0 Å². The number of rotatable bonds is 2. The van der Waals surface area contributed by atoms with Gasteiger partial charge in [-0.3, -0.25) is 0 Å². The summed E-state index contributed by atoms with van der Waals surface area (Å²) in [4.78, 5) is 0. The zero-order valence-corrected chi connectivity index (χ0v) is 10.5. The van der Waals surface area contributed by atoms with Crippen LogP contribution in [0.2, 0.25) is 0 Å². The highest BCUT2D eigenvalue weighted by Gasteiger charge is 2.30. The van der Waals surface area contributed by atoms with Gasteiger partial charge in [0.2, 0.25) is 0 Å². The highest BCUT2D eigenvalue weighted by molar-refractivity contribution is 5.36. The molecule has 0 atom stereocenters. The van der Waals surface area contributed by atoms with Crippen LogP contribution in [-0.2, 0) is 5.41 Å². The van der Waals surface area contributed by atoms with Crippen molar-refractivity contribution in [3.8, 4) is 0 Å². The Kier molecular flexibility index (Phi) is 2.45. The average Bonchev–Trinajstić information content (AvgIpc) is 2.73. The maximum Gasteiger partial charge on any atom is 0.114 e. The molecule has 2 heterocycles. The molecule has 0 aliphatic heterocycles. The van der Waals surface area contributed by atoms with E-state index >= 15 is 0 Å². The first-order valence-electron chi connectivity index (χ1n) is 5.55. The molecule has 2 rings (SSSR count). The first-order chi connectivity index (χ1) is 7.41. The Bertz CT molecular complexity index is 501. The molecule has 16 heavy (non-hydrogen) atoms. The molecule has 2 nitrogen and oxygen atoms in total. The largest absolute Gasteiger partial charge is 0.466 e. The van der Waals surface area contributed by atoms with Crippen LogP contribution in [0.1, 0.15) is 42.5 Å². The molecule has 0 fully saturated rings. The maximum absolute atomic E-state index is 5.73. The molecule has 0 aliphatic carbocycles. The molecular weight excluding hydrogens is 200 g/mol. The van der Waals surface area contributed by atoms with Gasteiger partial charge in [0.15, 0.2) is 0 Å². The Balaban J connectivity index is 2.49. The SMILES string of the molecule is Cc1ccc(C(C)(C)c2cc(C)oc2C)o1. The van der Waals surface area contributed by atoms with Gasteiger partial charge in [-0.05, 0) is 52.8 Å². The molecule has 0 amide bonds. The average molecular weight is 218 g/mol. The smallest absolute Gasteiger partial charge is 0.114 e. The van der Waals surface area contributed by atoms with Gasteiger partial charge >= 0.3 is 0 Å². The molecule has 2 aromatic rings.